The fourth-order valence-corrected chi connectivity index (χ4v) is 3.77. The number of anilines is 1. The molecule has 2 atom stereocenters. The lowest BCUT2D eigenvalue weighted by atomic mass is 10.0. The van der Waals surface area contributed by atoms with Gasteiger partial charge < -0.3 is 15.8 Å². The van der Waals surface area contributed by atoms with Crippen LogP contribution in [0.15, 0.2) is 55.0 Å². The van der Waals surface area contributed by atoms with Crippen LogP contribution in [0.3, 0.4) is 0 Å². The summed E-state index contributed by atoms with van der Waals surface area (Å²) in [6.45, 7) is 0.0774. The number of benzene rings is 1. The average Bonchev–Trinajstić information content (AvgIpc) is 3.31. The standard InChI is InChI=1S/C22H23F2N5O2/c1-29-12-16(11-27-29)15-9-18(20(25)26-10-15)21(30)28-19-14(7-8-22(19,23)24)13-31-17-5-3-2-4-6-17/h2-6,9-12,14,19H,7-8,13H2,1H3,(H2,25,26)(H,28,30)/t14-,19-/m1/s1. The van der Waals surface area contributed by atoms with Gasteiger partial charge in [0.05, 0.1) is 24.4 Å². The summed E-state index contributed by atoms with van der Waals surface area (Å²) in [5.74, 6) is -3.69. The number of carbonyl (C=O) groups excluding carboxylic acids is 1. The van der Waals surface area contributed by atoms with Gasteiger partial charge in [0.2, 0.25) is 0 Å². The summed E-state index contributed by atoms with van der Waals surface area (Å²) < 4.78 is 36.4. The number of para-hydroxylation sites is 1. The van der Waals surface area contributed by atoms with Gasteiger partial charge in [0.25, 0.3) is 11.8 Å². The minimum absolute atomic E-state index is 0.0245. The third-order valence-corrected chi connectivity index (χ3v) is 5.47. The molecule has 0 radical (unpaired) electrons. The molecule has 1 aliphatic carbocycles. The summed E-state index contributed by atoms with van der Waals surface area (Å²) >= 11 is 0. The van der Waals surface area contributed by atoms with E-state index in [0.29, 0.717) is 11.3 Å². The topological polar surface area (TPSA) is 95.1 Å². The number of nitrogens with one attached hydrogen (secondary N) is 1. The normalized spacial score (nSPS) is 19.8. The second-order valence-electron chi connectivity index (χ2n) is 7.69. The molecule has 2 heterocycles. The van der Waals surface area contributed by atoms with Gasteiger partial charge in [0.1, 0.15) is 11.6 Å². The van der Waals surface area contributed by atoms with Crippen molar-refractivity contribution in [3.8, 4) is 16.9 Å². The molecule has 4 rings (SSSR count). The first-order chi connectivity index (χ1) is 14.8. The van der Waals surface area contributed by atoms with E-state index in [4.69, 9.17) is 10.5 Å². The van der Waals surface area contributed by atoms with Crippen molar-refractivity contribution in [3.63, 3.8) is 0 Å². The highest BCUT2D eigenvalue weighted by Crippen LogP contribution is 2.40. The van der Waals surface area contributed by atoms with Crippen LogP contribution in [-0.2, 0) is 7.05 Å². The van der Waals surface area contributed by atoms with Crippen LogP contribution in [0, 0.1) is 5.92 Å². The van der Waals surface area contributed by atoms with E-state index in [1.54, 1.807) is 36.3 Å². The SMILES string of the molecule is Cn1cc(-c2cnc(N)c(C(=O)N[C@@H]3[C@@H](COc4ccccc4)CCC3(F)F)c2)cn1. The van der Waals surface area contributed by atoms with Crippen LogP contribution in [0.4, 0.5) is 14.6 Å². The van der Waals surface area contributed by atoms with E-state index >= 15 is 0 Å². The van der Waals surface area contributed by atoms with Crippen molar-refractivity contribution in [1.82, 2.24) is 20.1 Å². The van der Waals surface area contributed by atoms with Crippen LogP contribution in [-0.4, -0.2) is 39.2 Å². The second-order valence-corrected chi connectivity index (χ2v) is 7.69. The number of carbonyl (C=O) groups is 1. The fraction of sp³-hybridized carbons (Fsp3) is 0.318. The number of halogens is 2. The number of aryl methyl sites for hydroxylation is 1. The molecule has 1 fully saturated rings. The van der Waals surface area contributed by atoms with E-state index < -0.39 is 23.8 Å². The molecule has 1 amide bonds. The Morgan fingerprint density at radius 3 is 2.77 bits per heavy atom. The molecular weight excluding hydrogens is 404 g/mol. The van der Waals surface area contributed by atoms with Gasteiger partial charge in [-0.1, -0.05) is 18.2 Å². The van der Waals surface area contributed by atoms with Crippen molar-refractivity contribution in [2.75, 3.05) is 12.3 Å². The number of aromatic nitrogens is 3. The molecule has 1 saturated carbocycles. The molecule has 3 N–H and O–H groups in total. The zero-order valence-corrected chi connectivity index (χ0v) is 17.0. The first kappa shape index (κ1) is 20.8. The summed E-state index contributed by atoms with van der Waals surface area (Å²) in [4.78, 5) is 17.0. The highest BCUT2D eigenvalue weighted by molar-refractivity contribution is 5.99. The maximum absolute atomic E-state index is 14.6. The summed E-state index contributed by atoms with van der Waals surface area (Å²) in [6, 6.07) is 9.17. The molecule has 31 heavy (non-hydrogen) atoms. The van der Waals surface area contributed by atoms with E-state index in [-0.39, 0.29) is 30.8 Å². The third-order valence-electron chi connectivity index (χ3n) is 5.47. The Hall–Kier alpha value is -3.49. The van der Waals surface area contributed by atoms with Gasteiger partial charge in [-0.05, 0) is 24.6 Å². The number of ether oxygens (including phenoxy) is 1. The zero-order valence-electron chi connectivity index (χ0n) is 17.0. The molecule has 1 aromatic carbocycles. The lowest BCUT2D eigenvalue weighted by Crippen LogP contribution is -2.48. The van der Waals surface area contributed by atoms with E-state index in [0.717, 1.165) is 5.56 Å². The van der Waals surface area contributed by atoms with E-state index in [9.17, 15) is 13.6 Å². The molecule has 0 unspecified atom stereocenters. The molecular formula is C22H23F2N5O2. The van der Waals surface area contributed by atoms with E-state index in [1.165, 1.54) is 12.3 Å². The summed E-state index contributed by atoms with van der Waals surface area (Å²) in [5.41, 5.74) is 7.29. The largest absolute Gasteiger partial charge is 0.493 e. The van der Waals surface area contributed by atoms with Crippen molar-refractivity contribution >= 4 is 11.7 Å². The number of amides is 1. The van der Waals surface area contributed by atoms with Crippen molar-refractivity contribution < 1.29 is 18.3 Å². The maximum Gasteiger partial charge on any atom is 0.268 e. The van der Waals surface area contributed by atoms with Crippen LogP contribution < -0.4 is 15.8 Å². The number of hydrogen-bond donors (Lipinski definition) is 2. The lowest BCUT2D eigenvalue weighted by molar-refractivity contribution is -0.0258. The zero-order chi connectivity index (χ0) is 22.0. The van der Waals surface area contributed by atoms with Gasteiger partial charge in [-0.25, -0.2) is 13.8 Å². The molecule has 0 spiro atoms. The fourth-order valence-electron chi connectivity index (χ4n) is 3.77. The molecule has 0 bridgehead atoms. The molecule has 7 nitrogen and oxygen atoms in total. The Labute approximate surface area is 178 Å². The number of pyridine rings is 1. The van der Waals surface area contributed by atoms with Gasteiger partial charge in [0, 0.05) is 42.9 Å². The smallest absolute Gasteiger partial charge is 0.268 e. The minimum atomic E-state index is -3.04. The number of hydrogen-bond acceptors (Lipinski definition) is 5. The highest BCUT2D eigenvalue weighted by atomic mass is 19.3. The number of alkyl halides is 2. The average molecular weight is 427 g/mol. The molecule has 0 saturated heterocycles. The summed E-state index contributed by atoms with van der Waals surface area (Å²) in [5, 5.41) is 6.58. The van der Waals surface area contributed by atoms with E-state index in [1.807, 2.05) is 18.2 Å². The summed E-state index contributed by atoms with van der Waals surface area (Å²) in [6.07, 6.45) is 4.83. The predicted molar refractivity (Wildman–Crippen MR) is 112 cm³/mol. The minimum Gasteiger partial charge on any atom is -0.493 e. The van der Waals surface area contributed by atoms with Crippen LogP contribution in [0.25, 0.3) is 11.1 Å². The van der Waals surface area contributed by atoms with E-state index in [2.05, 4.69) is 15.4 Å². The number of nitrogens with two attached hydrogens (primary N) is 1. The van der Waals surface area contributed by atoms with Gasteiger partial charge in [-0.2, -0.15) is 5.10 Å². The monoisotopic (exact) mass is 427 g/mol. The highest BCUT2D eigenvalue weighted by Gasteiger charge is 2.51. The molecule has 3 aromatic rings. The van der Waals surface area contributed by atoms with Crippen LogP contribution in [0.1, 0.15) is 23.2 Å². The number of nitrogen functional groups attached to an aromatic ring is 1. The Bertz CT molecular complexity index is 1070. The Kier molecular flexibility index (Phi) is 5.58. The van der Waals surface area contributed by atoms with Crippen molar-refractivity contribution in [1.29, 1.82) is 0 Å². The first-order valence-corrected chi connectivity index (χ1v) is 9.94. The summed E-state index contributed by atoms with van der Waals surface area (Å²) in [7, 11) is 1.77. The van der Waals surface area contributed by atoms with Crippen molar-refractivity contribution in [2.24, 2.45) is 13.0 Å². The van der Waals surface area contributed by atoms with Gasteiger partial charge >= 0.3 is 0 Å². The van der Waals surface area contributed by atoms with Crippen molar-refractivity contribution in [2.45, 2.75) is 24.8 Å². The number of rotatable bonds is 6. The Balaban J connectivity index is 1.51. The molecule has 9 heteroatoms. The number of nitrogens with zero attached hydrogens (tertiary/aromatic N) is 3. The third kappa shape index (κ3) is 4.50. The Morgan fingerprint density at radius 1 is 1.29 bits per heavy atom. The Morgan fingerprint density at radius 2 is 2.06 bits per heavy atom. The molecule has 0 aliphatic heterocycles. The maximum atomic E-state index is 14.6. The predicted octanol–water partition coefficient (Wildman–Crippen LogP) is 3.29. The van der Waals surface area contributed by atoms with Gasteiger partial charge in [-0.3, -0.25) is 9.48 Å². The van der Waals surface area contributed by atoms with Gasteiger partial charge in [-0.15, -0.1) is 0 Å². The van der Waals surface area contributed by atoms with Gasteiger partial charge in [0.15, 0.2) is 0 Å². The quantitative estimate of drug-likeness (QED) is 0.630. The molecule has 1 aliphatic rings. The van der Waals surface area contributed by atoms with Crippen LogP contribution >= 0.6 is 0 Å². The van der Waals surface area contributed by atoms with Crippen LogP contribution in [0.2, 0.25) is 0 Å². The lowest BCUT2D eigenvalue weighted by Gasteiger charge is -2.26. The van der Waals surface area contributed by atoms with Crippen LogP contribution in [0.5, 0.6) is 5.75 Å². The molecule has 162 valence electrons. The molecule has 2 aromatic heterocycles. The van der Waals surface area contributed by atoms with Crippen molar-refractivity contribution in [3.05, 3.63) is 60.6 Å². The second kappa shape index (κ2) is 8.33. The first-order valence-electron chi connectivity index (χ1n) is 9.94.